The van der Waals surface area contributed by atoms with E-state index in [1.54, 1.807) is 35.2 Å². The van der Waals surface area contributed by atoms with Crippen LogP contribution in [-0.2, 0) is 13.0 Å². The van der Waals surface area contributed by atoms with E-state index in [0.717, 1.165) is 27.5 Å². The maximum absolute atomic E-state index is 14.2. The molecule has 0 radical (unpaired) electrons. The van der Waals surface area contributed by atoms with Gasteiger partial charge in [-0.05, 0) is 57.9 Å². The summed E-state index contributed by atoms with van der Waals surface area (Å²) in [5, 5.41) is 22.8. The second-order valence-corrected chi connectivity index (χ2v) is 9.07. The molecule has 0 aliphatic heterocycles. The van der Waals surface area contributed by atoms with Crippen LogP contribution in [-0.4, -0.2) is 31.0 Å². The van der Waals surface area contributed by atoms with Gasteiger partial charge in [0.25, 0.3) is 5.92 Å². The Bertz CT molecular complexity index is 1460. The molecular formula is C25H29F2N5O2. The maximum atomic E-state index is 14.2. The molecule has 0 aliphatic carbocycles. The molecule has 0 saturated carbocycles. The summed E-state index contributed by atoms with van der Waals surface area (Å²) >= 11 is 0. The zero-order chi connectivity index (χ0) is 24.9. The molecule has 0 aliphatic rings. The molecule has 34 heavy (non-hydrogen) atoms. The lowest BCUT2D eigenvalue weighted by Crippen LogP contribution is -2.23. The summed E-state index contributed by atoms with van der Waals surface area (Å²) in [6.07, 6.45) is 0. The van der Waals surface area contributed by atoms with Crippen LogP contribution in [0.2, 0.25) is 0 Å². The van der Waals surface area contributed by atoms with E-state index in [0.29, 0.717) is 16.9 Å². The summed E-state index contributed by atoms with van der Waals surface area (Å²) in [6.45, 7) is 8.01. The van der Waals surface area contributed by atoms with Gasteiger partial charge in [-0.2, -0.15) is 13.9 Å². The Morgan fingerprint density at radius 2 is 1.76 bits per heavy atom. The fraction of sp³-hybridized carbons (Fsp3) is 0.400. The Balaban J connectivity index is 1.85. The smallest absolute Gasteiger partial charge is 0.329 e. The van der Waals surface area contributed by atoms with Crippen molar-refractivity contribution in [1.82, 2.24) is 19.3 Å². The van der Waals surface area contributed by atoms with Crippen molar-refractivity contribution in [2.75, 3.05) is 11.9 Å². The molecule has 9 heteroatoms. The molecule has 0 amide bonds. The van der Waals surface area contributed by atoms with Gasteiger partial charge in [0, 0.05) is 29.4 Å². The van der Waals surface area contributed by atoms with Gasteiger partial charge >= 0.3 is 5.69 Å². The molecular weight excluding hydrogens is 440 g/mol. The lowest BCUT2D eigenvalue weighted by molar-refractivity contribution is -0.0561. The van der Waals surface area contributed by atoms with Crippen LogP contribution in [0, 0.1) is 13.8 Å². The fourth-order valence-electron chi connectivity index (χ4n) is 4.63. The third kappa shape index (κ3) is 3.73. The van der Waals surface area contributed by atoms with Crippen molar-refractivity contribution >= 4 is 27.6 Å². The predicted octanol–water partition coefficient (Wildman–Crippen LogP) is 4.74. The number of benzene rings is 2. The molecule has 1 atom stereocenters. The van der Waals surface area contributed by atoms with Crippen LogP contribution in [0.15, 0.2) is 35.1 Å². The Morgan fingerprint density at radius 1 is 1.09 bits per heavy atom. The van der Waals surface area contributed by atoms with Gasteiger partial charge in [0.2, 0.25) is 0 Å². The Labute approximate surface area is 196 Å². The minimum absolute atomic E-state index is 0.0292. The highest BCUT2D eigenvalue weighted by Gasteiger charge is 2.33. The van der Waals surface area contributed by atoms with Gasteiger partial charge in [-0.3, -0.25) is 9.13 Å². The van der Waals surface area contributed by atoms with Crippen LogP contribution in [0.1, 0.15) is 55.2 Å². The first kappa shape index (κ1) is 23.8. The molecule has 4 aromatic rings. The number of aromatic nitrogens is 4. The second kappa shape index (κ2) is 8.47. The van der Waals surface area contributed by atoms with Crippen LogP contribution < -0.4 is 11.0 Å². The van der Waals surface area contributed by atoms with Crippen molar-refractivity contribution in [3.05, 3.63) is 63.2 Å². The summed E-state index contributed by atoms with van der Waals surface area (Å²) in [4.78, 5) is 12.8. The third-order valence-corrected chi connectivity index (χ3v) is 6.48. The fourth-order valence-corrected chi connectivity index (χ4v) is 4.63. The topological polar surface area (TPSA) is 85.0 Å². The number of fused-ring (bicyclic) bond motifs is 2. The monoisotopic (exact) mass is 469 g/mol. The average Bonchev–Trinajstić information content (AvgIpc) is 3.04. The third-order valence-electron chi connectivity index (χ3n) is 6.48. The van der Waals surface area contributed by atoms with Gasteiger partial charge in [0.15, 0.2) is 5.82 Å². The summed E-state index contributed by atoms with van der Waals surface area (Å²) in [5.74, 6) is -2.82. The number of aliphatic hydroxyl groups excluding tert-OH is 1. The van der Waals surface area contributed by atoms with Crippen molar-refractivity contribution < 1.29 is 13.9 Å². The van der Waals surface area contributed by atoms with E-state index < -0.39 is 12.5 Å². The molecule has 2 aromatic carbocycles. The highest BCUT2D eigenvalue weighted by Crippen LogP contribution is 2.35. The normalized spacial score (nSPS) is 13.2. The van der Waals surface area contributed by atoms with Crippen molar-refractivity contribution in [3.8, 4) is 0 Å². The summed E-state index contributed by atoms with van der Waals surface area (Å²) in [5.41, 5.74) is 3.09. The number of hydrogen-bond donors (Lipinski definition) is 2. The van der Waals surface area contributed by atoms with E-state index in [4.69, 9.17) is 5.11 Å². The number of hydrogen-bond acceptors (Lipinski definition) is 5. The van der Waals surface area contributed by atoms with Crippen molar-refractivity contribution in [2.24, 2.45) is 7.05 Å². The molecule has 0 saturated heterocycles. The largest absolute Gasteiger partial charge is 0.390 e. The number of nitrogens with one attached hydrogen (secondary N) is 1. The summed E-state index contributed by atoms with van der Waals surface area (Å²) in [6, 6.07) is 8.16. The van der Waals surface area contributed by atoms with E-state index in [1.165, 1.54) is 6.07 Å². The molecule has 4 rings (SSSR count). The Kier molecular flexibility index (Phi) is 5.93. The Morgan fingerprint density at radius 3 is 2.41 bits per heavy atom. The van der Waals surface area contributed by atoms with E-state index in [9.17, 15) is 13.6 Å². The number of aliphatic hydroxyl groups is 1. The zero-order valence-corrected chi connectivity index (χ0v) is 20.1. The van der Waals surface area contributed by atoms with Crippen LogP contribution in [0.5, 0.6) is 0 Å². The van der Waals surface area contributed by atoms with Crippen molar-refractivity contribution in [1.29, 1.82) is 0 Å². The highest BCUT2D eigenvalue weighted by atomic mass is 19.3. The standard InChI is InChI=1S/C25H29F2N5O2/c1-13(2)32-22-11-19-18(10-21(22)31(6)24(32)34)16(5)29-30-23(19)28-15(4)17-8-7-9-20(14(17)3)25(26,27)12-33/h7-11,13,15,33H,12H2,1-6H3,(H,28,30)/t15-/m1/s1. The quantitative estimate of drug-likeness (QED) is 0.426. The summed E-state index contributed by atoms with van der Waals surface area (Å²) < 4.78 is 31.8. The minimum atomic E-state index is -3.32. The lowest BCUT2D eigenvalue weighted by atomic mass is 9.94. The van der Waals surface area contributed by atoms with Gasteiger partial charge in [-0.15, -0.1) is 5.10 Å². The first-order valence-electron chi connectivity index (χ1n) is 11.2. The van der Waals surface area contributed by atoms with Crippen LogP contribution in [0.25, 0.3) is 21.8 Å². The number of imidazole rings is 1. The molecule has 0 unspecified atom stereocenters. The van der Waals surface area contributed by atoms with Gasteiger partial charge in [-0.1, -0.05) is 18.2 Å². The zero-order valence-electron chi connectivity index (χ0n) is 20.1. The first-order valence-corrected chi connectivity index (χ1v) is 11.2. The van der Waals surface area contributed by atoms with Gasteiger partial charge in [-0.25, -0.2) is 4.79 Å². The molecule has 2 aromatic heterocycles. The van der Waals surface area contributed by atoms with Gasteiger partial charge in [0.1, 0.15) is 6.61 Å². The number of aryl methyl sites for hydroxylation is 2. The summed E-state index contributed by atoms with van der Waals surface area (Å²) in [7, 11) is 1.75. The second-order valence-electron chi connectivity index (χ2n) is 9.07. The van der Waals surface area contributed by atoms with E-state index in [-0.39, 0.29) is 23.3 Å². The minimum Gasteiger partial charge on any atom is -0.390 e. The SMILES string of the molecule is Cc1c([C@@H](C)Nc2nnc(C)c3cc4c(cc23)n(C(C)C)c(=O)n4C)cccc1C(F)(F)CO. The first-order chi connectivity index (χ1) is 16.0. The van der Waals surface area contributed by atoms with Crippen molar-refractivity contribution in [3.63, 3.8) is 0 Å². The van der Waals surface area contributed by atoms with Crippen molar-refractivity contribution in [2.45, 2.75) is 52.6 Å². The highest BCUT2D eigenvalue weighted by molar-refractivity contribution is 6.01. The number of nitrogens with zero attached hydrogens (tertiary/aromatic N) is 4. The van der Waals surface area contributed by atoms with Crippen LogP contribution in [0.4, 0.5) is 14.6 Å². The number of halogens is 2. The molecule has 0 bridgehead atoms. The maximum Gasteiger partial charge on any atom is 0.329 e. The predicted molar refractivity (Wildman–Crippen MR) is 130 cm³/mol. The van der Waals surface area contributed by atoms with E-state index >= 15 is 0 Å². The molecule has 0 fully saturated rings. The number of rotatable bonds is 6. The molecule has 2 heterocycles. The molecule has 2 N–H and O–H groups in total. The number of alkyl halides is 2. The number of anilines is 1. The lowest BCUT2D eigenvalue weighted by Gasteiger charge is -2.23. The van der Waals surface area contributed by atoms with Crippen LogP contribution in [0.3, 0.4) is 0 Å². The molecule has 180 valence electrons. The molecule has 7 nitrogen and oxygen atoms in total. The molecule has 0 spiro atoms. The van der Waals surface area contributed by atoms with Gasteiger partial charge < -0.3 is 10.4 Å². The van der Waals surface area contributed by atoms with Gasteiger partial charge in [0.05, 0.1) is 22.8 Å². The van der Waals surface area contributed by atoms with Crippen LogP contribution >= 0.6 is 0 Å². The average molecular weight is 470 g/mol. The van der Waals surface area contributed by atoms with E-state index in [1.807, 2.05) is 39.8 Å². The Hall–Kier alpha value is -3.33. The van der Waals surface area contributed by atoms with E-state index in [2.05, 4.69) is 15.5 Å².